The van der Waals surface area contributed by atoms with Crippen LogP contribution in [-0.4, -0.2) is 22.0 Å². The van der Waals surface area contributed by atoms with Gasteiger partial charge in [0.15, 0.2) is 5.69 Å². The Morgan fingerprint density at radius 3 is 2.47 bits per heavy atom. The molecule has 0 saturated heterocycles. The predicted molar refractivity (Wildman–Crippen MR) is 55.0 cm³/mol. The summed E-state index contributed by atoms with van der Waals surface area (Å²) in [5, 5.41) is 11.3. The number of rotatable bonds is 2. The van der Waals surface area contributed by atoms with Gasteiger partial charge in [0.2, 0.25) is 5.91 Å². The minimum absolute atomic E-state index is 0.131. The maximum atomic E-state index is 10.9. The molecule has 1 amide bonds. The molecule has 80 valence electrons. The van der Waals surface area contributed by atoms with Gasteiger partial charge in [-0.3, -0.25) is 4.79 Å². The Kier molecular flexibility index (Phi) is 3.04. The van der Waals surface area contributed by atoms with Crippen LogP contribution in [0.25, 0.3) is 0 Å². The van der Waals surface area contributed by atoms with Gasteiger partial charge in [-0.1, -0.05) is 0 Å². The molecule has 0 spiro atoms. The van der Waals surface area contributed by atoms with Crippen molar-refractivity contribution in [1.29, 1.82) is 0 Å². The first-order valence-corrected chi connectivity index (χ1v) is 4.41. The molecule has 0 aliphatic carbocycles. The molecule has 1 aromatic heterocycles. The highest BCUT2D eigenvalue weighted by molar-refractivity contribution is 5.98. The van der Waals surface area contributed by atoms with E-state index in [-0.39, 0.29) is 17.3 Å². The molecule has 0 bridgehead atoms. The average molecular weight is 208 g/mol. The number of nitrogens with zero attached hydrogens (tertiary/aromatic N) is 1. The van der Waals surface area contributed by atoms with Gasteiger partial charge in [0.05, 0.1) is 5.69 Å². The van der Waals surface area contributed by atoms with E-state index in [9.17, 15) is 9.59 Å². The summed E-state index contributed by atoms with van der Waals surface area (Å²) >= 11 is 0. The van der Waals surface area contributed by atoms with Crippen LogP contribution in [0.15, 0.2) is 6.07 Å². The van der Waals surface area contributed by atoms with Gasteiger partial charge in [0, 0.05) is 12.6 Å². The molecule has 0 saturated carbocycles. The molecule has 1 heterocycles. The predicted octanol–water partition coefficient (Wildman–Crippen LogP) is 1.36. The van der Waals surface area contributed by atoms with Crippen LogP contribution in [0.2, 0.25) is 0 Å². The van der Waals surface area contributed by atoms with Crippen molar-refractivity contribution in [2.45, 2.75) is 20.8 Å². The normalized spacial score (nSPS) is 9.80. The Labute approximate surface area is 87.1 Å². The molecule has 1 rings (SSSR count). The molecule has 0 unspecified atom stereocenters. The van der Waals surface area contributed by atoms with Crippen molar-refractivity contribution in [2.75, 3.05) is 5.32 Å². The number of pyridine rings is 1. The molecule has 1 aromatic rings. The summed E-state index contributed by atoms with van der Waals surface area (Å²) in [6.45, 7) is 4.85. The van der Waals surface area contributed by atoms with Crippen LogP contribution >= 0.6 is 0 Å². The first-order valence-electron chi connectivity index (χ1n) is 4.41. The molecule has 5 nitrogen and oxygen atoms in total. The number of aryl methyl sites for hydroxylation is 2. The summed E-state index contributed by atoms with van der Waals surface area (Å²) in [7, 11) is 0. The van der Waals surface area contributed by atoms with Crippen molar-refractivity contribution < 1.29 is 14.7 Å². The molecule has 0 atom stereocenters. The Hall–Kier alpha value is -1.91. The number of hydrogen-bond acceptors (Lipinski definition) is 3. The Bertz CT molecular complexity index is 427. The number of carboxylic acid groups (broad SMARTS) is 1. The third-order valence-electron chi connectivity index (χ3n) is 1.98. The van der Waals surface area contributed by atoms with Crippen LogP contribution < -0.4 is 5.32 Å². The van der Waals surface area contributed by atoms with Crippen molar-refractivity contribution in [1.82, 2.24) is 4.98 Å². The number of carbonyl (C=O) groups is 2. The summed E-state index contributed by atoms with van der Waals surface area (Å²) < 4.78 is 0. The maximum absolute atomic E-state index is 10.9. The summed E-state index contributed by atoms with van der Waals surface area (Å²) in [5.74, 6) is -1.47. The van der Waals surface area contributed by atoms with Crippen molar-refractivity contribution in [3.63, 3.8) is 0 Å². The van der Waals surface area contributed by atoms with E-state index < -0.39 is 5.97 Å². The molecule has 0 aliphatic heterocycles. The lowest BCUT2D eigenvalue weighted by Crippen LogP contribution is -2.13. The van der Waals surface area contributed by atoms with Gasteiger partial charge < -0.3 is 10.4 Å². The number of hydrogen-bond donors (Lipinski definition) is 2. The van der Waals surface area contributed by atoms with E-state index in [4.69, 9.17) is 5.11 Å². The van der Waals surface area contributed by atoms with Crippen molar-refractivity contribution in [2.24, 2.45) is 0 Å². The first kappa shape index (κ1) is 11.2. The quantitative estimate of drug-likeness (QED) is 0.768. The fourth-order valence-electron chi connectivity index (χ4n) is 1.15. The smallest absolute Gasteiger partial charge is 0.356 e. The fraction of sp³-hybridized carbons (Fsp3) is 0.300. The summed E-state index contributed by atoms with van der Waals surface area (Å²) in [6.07, 6.45) is 0. The number of aromatic carboxylic acids is 1. The van der Waals surface area contributed by atoms with Gasteiger partial charge in [-0.15, -0.1) is 0 Å². The highest BCUT2D eigenvalue weighted by Gasteiger charge is 2.14. The van der Waals surface area contributed by atoms with Crippen LogP contribution in [0.5, 0.6) is 0 Å². The standard InChI is InChI=1S/C10H12N2O3/c1-5-4-8(12-7(3)13)9(10(14)15)11-6(5)2/h4H,1-3H3,(H,12,13)(H,14,15). The lowest BCUT2D eigenvalue weighted by Gasteiger charge is -2.08. The Morgan fingerprint density at radius 2 is 2.00 bits per heavy atom. The SMILES string of the molecule is CC(=O)Nc1cc(C)c(C)nc1C(=O)O. The fourth-order valence-corrected chi connectivity index (χ4v) is 1.15. The summed E-state index contributed by atoms with van der Waals surface area (Å²) in [6, 6.07) is 1.60. The lowest BCUT2D eigenvalue weighted by molar-refractivity contribution is -0.114. The lowest BCUT2D eigenvalue weighted by atomic mass is 10.1. The van der Waals surface area contributed by atoms with E-state index in [0.717, 1.165) is 5.56 Å². The molecular weight excluding hydrogens is 196 g/mol. The number of carboxylic acids is 1. The Balaban J connectivity index is 3.28. The van der Waals surface area contributed by atoms with Gasteiger partial charge in [-0.05, 0) is 25.5 Å². The van der Waals surface area contributed by atoms with E-state index >= 15 is 0 Å². The highest BCUT2D eigenvalue weighted by atomic mass is 16.4. The van der Waals surface area contributed by atoms with E-state index in [2.05, 4.69) is 10.3 Å². The van der Waals surface area contributed by atoms with Crippen molar-refractivity contribution in [3.8, 4) is 0 Å². The second-order valence-corrected chi connectivity index (χ2v) is 3.27. The first-order chi connectivity index (χ1) is 6.91. The second-order valence-electron chi connectivity index (χ2n) is 3.27. The molecule has 2 N–H and O–H groups in total. The largest absolute Gasteiger partial charge is 0.476 e. The Morgan fingerprint density at radius 1 is 1.40 bits per heavy atom. The molecule has 0 radical (unpaired) electrons. The molecular formula is C10H12N2O3. The molecule has 0 fully saturated rings. The van der Waals surface area contributed by atoms with Crippen molar-refractivity contribution in [3.05, 3.63) is 23.0 Å². The van der Waals surface area contributed by atoms with Crippen LogP contribution in [0.1, 0.15) is 28.7 Å². The monoisotopic (exact) mass is 208 g/mol. The van der Waals surface area contributed by atoms with Gasteiger partial charge >= 0.3 is 5.97 Å². The third kappa shape index (κ3) is 2.52. The summed E-state index contributed by atoms with van der Waals surface area (Å²) in [5.41, 5.74) is 1.58. The van der Waals surface area contributed by atoms with Gasteiger partial charge in [0.1, 0.15) is 0 Å². The van der Waals surface area contributed by atoms with Crippen LogP contribution in [0.4, 0.5) is 5.69 Å². The van der Waals surface area contributed by atoms with Gasteiger partial charge in [-0.25, -0.2) is 9.78 Å². The molecule has 15 heavy (non-hydrogen) atoms. The minimum atomic E-state index is -1.15. The zero-order chi connectivity index (χ0) is 11.6. The van der Waals surface area contributed by atoms with Crippen LogP contribution in [-0.2, 0) is 4.79 Å². The maximum Gasteiger partial charge on any atom is 0.356 e. The average Bonchev–Trinajstić information content (AvgIpc) is 2.09. The van der Waals surface area contributed by atoms with E-state index in [0.29, 0.717) is 5.69 Å². The number of amides is 1. The highest BCUT2D eigenvalue weighted by Crippen LogP contribution is 2.17. The zero-order valence-corrected chi connectivity index (χ0v) is 8.79. The van der Waals surface area contributed by atoms with Crippen LogP contribution in [0.3, 0.4) is 0 Å². The van der Waals surface area contributed by atoms with E-state index in [1.807, 2.05) is 0 Å². The molecule has 0 aromatic carbocycles. The van der Waals surface area contributed by atoms with Gasteiger partial charge in [0.25, 0.3) is 0 Å². The summed E-state index contributed by atoms with van der Waals surface area (Å²) in [4.78, 5) is 25.6. The number of nitrogens with one attached hydrogen (secondary N) is 1. The van der Waals surface area contributed by atoms with Crippen LogP contribution in [0, 0.1) is 13.8 Å². The second kappa shape index (κ2) is 4.08. The minimum Gasteiger partial charge on any atom is -0.476 e. The number of anilines is 1. The van der Waals surface area contributed by atoms with E-state index in [1.54, 1.807) is 19.9 Å². The topological polar surface area (TPSA) is 79.3 Å². The number of carbonyl (C=O) groups excluding carboxylic acids is 1. The van der Waals surface area contributed by atoms with E-state index in [1.165, 1.54) is 6.92 Å². The molecule has 5 heteroatoms. The van der Waals surface area contributed by atoms with Gasteiger partial charge in [-0.2, -0.15) is 0 Å². The molecule has 0 aliphatic rings. The zero-order valence-electron chi connectivity index (χ0n) is 8.79. The van der Waals surface area contributed by atoms with Crippen molar-refractivity contribution >= 4 is 17.6 Å². The number of aromatic nitrogens is 1. The third-order valence-corrected chi connectivity index (χ3v) is 1.98.